The predicted octanol–water partition coefficient (Wildman–Crippen LogP) is 2.58. The summed E-state index contributed by atoms with van der Waals surface area (Å²) in [6.45, 7) is -0.104. The summed E-state index contributed by atoms with van der Waals surface area (Å²) in [7, 11) is 0. The van der Waals surface area contributed by atoms with E-state index in [-0.39, 0.29) is 42.6 Å². The molecule has 2 heterocycles. The molecule has 0 aromatic carbocycles. The minimum absolute atomic E-state index is 0.104. The van der Waals surface area contributed by atoms with Gasteiger partial charge in [-0.2, -0.15) is 4.37 Å². The van der Waals surface area contributed by atoms with Gasteiger partial charge in [0.25, 0.3) is 12.3 Å². The zero-order valence-electron chi connectivity index (χ0n) is 12.4. The summed E-state index contributed by atoms with van der Waals surface area (Å²) in [6, 6.07) is 1.36. The third-order valence-corrected chi connectivity index (χ3v) is 4.28. The van der Waals surface area contributed by atoms with Crippen molar-refractivity contribution in [3.63, 3.8) is 0 Å². The zero-order valence-corrected chi connectivity index (χ0v) is 13.2. The number of hydrogen-bond acceptors (Lipinski definition) is 6. The molecule has 1 saturated carbocycles. The maximum atomic E-state index is 14.4. The maximum Gasteiger partial charge on any atom is 0.271 e. The summed E-state index contributed by atoms with van der Waals surface area (Å²) in [5, 5.41) is 7.07. The number of aromatic nitrogens is 3. The fraction of sp³-hybridized carbons (Fsp3) is 0.429. The second-order valence-corrected chi connectivity index (χ2v) is 6.27. The average Bonchev–Trinajstić information content (AvgIpc) is 3.06. The van der Waals surface area contributed by atoms with Crippen LogP contribution in [0.5, 0.6) is 0 Å². The number of anilines is 1. The molecular weight excluding hydrogens is 343 g/mol. The van der Waals surface area contributed by atoms with Crippen molar-refractivity contribution in [2.75, 3.05) is 11.9 Å². The van der Waals surface area contributed by atoms with Crippen LogP contribution in [-0.2, 0) is 0 Å². The third kappa shape index (κ3) is 3.81. The molecule has 1 aliphatic carbocycles. The maximum absolute atomic E-state index is 14.4. The van der Waals surface area contributed by atoms with Crippen LogP contribution in [0.3, 0.4) is 0 Å². The molecule has 0 atom stereocenters. The lowest BCUT2D eigenvalue weighted by atomic mass is 9.77. The van der Waals surface area contributed by atoms with Gasteiger partial charge in [0.2, 0.25) is 5.95 Å². The van der Waals surface area contributed by atoms with Crippen molar-refractivity contribution in [3.05, 3.63) is 35.1 Å². The fourth-order valence-corrected chi connectivity index (χ4v) is 2.94. The summed E-state index contributed by atoms with van der Waals surface area (Å²) >= 11 is 1.15. The number of carbonyl (C=O) groups excluding carboxylic acids is 1. The van der Waals surface area contributed by atoms with Crippen LogP contribution < -0.4 is 10.6 Å². The van der Waals surface area contributed by atoms with Crippen molar-refractivity contribution in [2.45, 2.75) is 31.0 Å². The SMILES string of the molecule is O=C(NCC1(F)CC(Nc2ncc(C(F)F)cn2)C1)c1ccsn1. The van der Waals surface area contributed by atoms with Crippen LogP contribution in [0.25, 0.3) is 0 Å². The summed E-state index contributed by atoms with van der Waals surface area (Å²) in [5.41, 5.74) is -1.50. The van der Waals surface area contributed by atoms with Crippen LogP contribution in [0.15, 0.2) is 23.8 Å². The molecule has 1 fully saturated rings. The van der Waals surface area contributed by atoms with E-state index in [0.717, 1.165) is 23.9 Å². The Balaban J connectivity index is 1.45. The van der Waals surface area contributed by atoms with E-state index in [9.17, 15) is 18.0 Å². The first-order chi connectivity index (χ1) is 11.5. The Labute approximate surface area is 139 Å². The Morgan fingerprint density at radius 1 is 1.38 bits per heavy atom. The first-order valence-electron chi connectivity index (χ1n) is 7.19. The van der Waals surface area contributed by atoms with Crippen molar-refractivity contribution in [3.8, 4) is 0 Å². The summed E-state index contributed by atoms with van der Waals surface area (Å²) in [5.74, 6) is -0.228. The van der Waals surface area contributed by atoms with Gasteiger partial charge in [0.15, 0.2) is 0 Å². The topological polar surface area (TPSA) is 79.8 Å². The monoisotopic (exact) mass is 357 g/mol. The largest absolute Gasteiger partial charge is 0.351 e. The Morgan fingerprint density at radius 2 is 2.08 bits per heavy atom. The van der Waals surface area contributed by atoms with E-state index < -0.39 is 18.0 Å². The molecule has 128 valence electrons. The molecule has 0 spiro atoms. The van der Waals surface area contributed by atoms with E-state index in [2.05, 4.69) is 25.0 Å². The van der Waals surface area contributed by atoms with E-state index in [1.165, 1.54) is 0 Å². The molecule has 0 unspecified atom stereocenters. The second kappa shape index (κ2) is 6.71. The highest BCUT2D eigenvalue weighted by Gasteiger charge is 2.45. The highest BCUT2D eigenvalue weighted by Crippen LogP contribution is 2.37. The standard InChI is InChI=1S/C14H14F3N5OS/c15-11(16)8-5-18-13(19-6-8)21-9-3-14(17,4-9)7-20-12(23)10-1-2-24-22-10/h1-2,5-6,9,11H,3-4,7H2,(H,20,23)(H,18,19,21). The molecule has 10 heteroatoms. The number of carbonyl (C=O) groups is 1. The van der Waals surface area contributed by atoms with Gasteiger partial charge in [-0.1, -0.05) is 0 Å². The van der Waals surface area contributed by atoms with Crippen LogP contribution in [0.4, 0.5) is 19.1 Å². The number of halogens is 3. The van der Waals surface area contributed by atoms with Gasteiger partial charge in [0, 0.05) is 36.7 Å². The molecule has 24 heavy (non-hydrogen) atoms. The summed E-state index contributed by atoms with van der Waals surface area (Å²) < 4.78 is 43.1. The Kier molecular flexibility index (Phi) is 4.65. The molecule has 0 aliphatic heterocycles. The van der Waals surface area contributed by atoms with Gasteiger partial charge in [-0.3, -0.25) is 4.79 Å². The van der Waals surface area contributed by atoms with Gasteiger partial charge < -0.3 is 10.6 Å². The quantitative estimate of drug-likeness (QED) is 0.831. The molecule has 0 bridgehead atoms. The molecule has 2 aromatic heterocycles. The molecule has 2 aromatic rings. The molecule has 1 amide bonds. The van der Waals surface area contributed by atoms with Crippen molar-refractivity contribution >= 4 is 23.4 Å². The Bertz CT molecular complexity index is 689. The van der Waals surface area contributed by atoms with Gasteiger partial charge in [-0.15, -0.1) is 0 Å². The van der Waals surface area contributed by atoms with Crippen molar-refractivity contribution in [2.24, 2.45) is 0 Å². The predicted molar refractivity (Wildman–Crippen MR) is 81.9 cm³/mol. The number of hydrogen-bond donors (Lipinski definition) is 2. The first kappa shape index (κ1) is 16.6. The van der Waals surface area contributed by atoms with Gasteiger partial charge >= 0.3 is 0 Å². The lowest BCUT2D eigenvalue weighted by Crippen LogP contribution is -2.54. The highest BCUT2D eigenvalue weighted by molar-refractivity contribution is 7.03. The molecule has 0 saturated heterocycles. The third-order valence-electron chi connectivity index (χ3n) is 3.72. The van der Waals surface area contributed by atoms with E-state index in [1.807, 2.05) is 0 Å². The number of amides is 1. The number of alkyl halides is 3. The van der Waals surface area contributed by atoms with Gasteiger partial charge in [0.1, 0.15) is 11.4 Å². The molecule has 2 N–H and O–H groups in total. The highest BCUT2D eigenvalue weighted by atomic mass is 32.1. The fourth-order valence-electron chi connectivity index (χ4n) is 2.44. The Morgan fingerprint density at radius 3 is 2.67 bits per heavy atom. The normalized spacial score (nSPS) is 22.9. The van der Waals surface area contributed by atoms with Crippen molar-refractivity contribution < 1.29 is 18.0 Å². The number of nitrogens with one attached hydrogen (secondary N) is 2. The summed E-state index contributed by atoms with van der Waals surface area (Å²) in [4.78, 5) is 19.3. The molecule has 1 aliphatic rings. The van der Waals surface area contributed by atoms with Crippen LogP contribution in [0.1, 0.15) is 35.3 Å². The number of rotatable bonds is 6. The first-order valence-corrected chi connectivity index (χ1v) is 8.03. The van der Waals surface area contributed by atoms with Gasteiger partial charge in [-0.05, 0) is 17.6 Å². The lowest BCUT2D eigenvalue weighted by molar-refractivity contribution is 0.0475. The van der Waals surface area contributed by atoms with Crippen LogP contribution in [-0.4, -0.2) is 38.5 Å². The second-order valence-electron chi connectivity index (χ2n) is 5.61. The lowest BCUT2D eigenvalue weighted by Gasteiger charge is -2.41. The molecule has 6 nitrogen and oxygen atoms in total. The molecule has 0 radical (unpaired) electrons. The minimum atomic E-state index is -2.62. The van der Waals surface area contributed by atoms with E-state index in [1.54, 1.807) is 11.4 Å². The van der Waals surface area contributed by atoms with E-state index >= 15 is 0 Å². The smallest absolute Gasteiger partial charge is 0.271 e. The van der Waals surface area contributed by atoms with E-state index in [0.29, 0.717) is 0 Å². The van der Waals surface area contributed by atoms with Crippen LogP contribution in [0, 0.1) is 0 Å². The van der Waals surface area contributed by atoms with E-state index in [4.69, 9.17) is 0 Å². The number of nitrogens with zero attached hydrogens (tertiary/aromatic N) is 3. The van der Waals surface area contributed by atoms with Crippen molar-refractivity contribution in [1.29, 1.82) is 0 Å². The molecule has 3 rings (SSSR count). The minimum Gasteiger partial charge on any atom is -0.351 e. The molecular formula is C14H14F3N5OS. The average molecular weight is 357 g/mol. The van der Waals surface area contributed by atoms with Crippen LogP contribution in [0.2, 0.25) is 0 Å². The van der Waals surface area contributed by atoms with Crippen LogP contribution >= 0.6 is 11.5 Å². The van der Waals surface area contributed by atoms with Gasteiger partial charge in [-0.25, -0.2) is 23.1 Å². The zero-order chi connectivity index (χ0) is 17.2. The van der Waals surface area contributed by atoms with Crippen molar-refractivity contribution in [1.82, 2.24) is 19.7 Å². The summed E-state index contributed by atoms with van der Waals surface area (Å²) in [6.07, 6.45) is -0.206. The Hall–Kier alpha value is -2.23. The van der Waals surface area contributed by atoms with Gasteiger partial charge in [0.05, 0.1) is 12.1 Å².